The number of aliphatic hydroxyl groups is 1. The third kappa shape index (κ3) is 4.51. The van der Waals surface area contributed by atoms with Gasteiger partial charge in [-0.3, -0.25) is 14.4 Å². The number of aliphatic carboxylic acids is 1. The Balaban J connectivity index is 1.68. The number of carbonyl (C=O) groups excluding carboxylic acids is 2. The summed E-state index contributed by atoms with van der Waals surface area (Å²) >= 11 is 1.58. The van der Waals surface area contributed by atoms with Crippen LogP contribution in [0.4, 0.5) is 0 Å². The van der Waals surface area contributed by atoms with Crippen molar-refractivity contribution in [1.82, 2.24) is 9.80 Å². The lowest BCUT2D eigenvalue weighted by atomic mass is 9.66. The molecule has 1 spiro atoms. The summed E-state index contributed by atoms with van der Waals surface area (Å²) in [5, 5.41) is 19.0. The molecule has 6 atom stereocenters. The van der Waals surface area contributed by atoms with Crippen molar-refractivity contribution in [2.45, 2.75) is 61.6 Å². The van der Waals surface area contributed by atoms with Crippen molar-refractivity contribution in [2.75, 3.05) is 19.7 Å². The average Bonchev–Trinajstić information content (AvgIpc) is 3.43. The van der Waals surface area contributed by atoms with Crippen LogP contribution in [-0.2, 0) is 20.9 Å². The molecule has 3 fully saturated rings. The topological polar surface area (TPSA) is 98.2 Å². The normalized spacial score (nSPS) is 31.0. The van der Waals surface area contributed by atoms with E-state index in [-0.39, 0.29) is 29.6 Å². The zero-order valence-electron chi connectivity index (χ0n) is 20.3. The van der Waals surface area contributed by atoms with Crippen molar-refractivity contribution in [3.05, 3.63) is 48.6 Å². The number of nitrogens with zero attached hydrogens (tertiary/aromatic N) is 2. The van der Waals surface area contributed by atoms with Gasteiger partial charge in [0.1, 0.15) is 6.04 Å². The Morgan fingerprint density at radius 3 is 2.60 bits per heavy atom. The lowest BCUT2D eigenvalue weighted by Crippen LogP contribution is -2.57. The highest BCUT2D eigenvalue weighted by atomic mass is 32.2. The fourth-order valence-corrected chi connectivity index (χ4v) is 8.84. The van der Waals surface area contributed by atoms with E-state index < -0.39 is 28.6 Å². The number of thioether (sulfide) groups is 1. The maximum Gasteiger partial charge on any atom is 0.308 e. The summed E-state index contributed by atoms with van der Waals surface area (Å²) in [5.74, 6) is -2.59. The van der Waals surface area contributed by atoms with E-state index in [0.29, 0.717) is 32.5 Å². The number of amides is 2. The van der Waals surface area contributed by atoms with Crippen LogP contribution in [0.2, 0.25) is 0 Å². The zero-order valence-corrected chi connectivity index (χ0v) is 21.2. The van der Waals surface area contributed by atoms with Crippen LogP contribution in [0.1, 0.15) is 44.6 Å². The fraction of sp³-hybridized carbons (Fsp3) is 0.593. The Morgan fingerprint density at radius 1 is 1.23 bits per heavy atom. The minimum atomic E-state index is -0.933. The molecule has 2 amide bonds. The summed E-state index contributed by atoms with van der Waals surface area (Å²) in [6.45, 7) is 7.25. The summed E-state index contributed by atoms with van der Waals surface area (Å²) < 4.78 is -0.719. The third-order valence-electron chi connectivity index (χ3n) is 7.95. The van der Waals surface area contributed by atoms with Crippen LogP contribution in [0.5, 0.6) is 0 Å². The first-order valence-corrected chi connectivity index (χ1v) is 13.5. The largest absolute Gasteiger partial charge is 0.481 e. The van der Waals surface area contributed by atoms with Gasteiger partial charge in [-0.25, -0.2) is 0 Å². The molecular weight excluding hydrogens is 464 g/mol. The molecule has 2 bridgehead atoms. The third-order valence-corrected chi connectivity index (χ3v) is 10.0. The molecule has 1 aromatic carbocycles. The molecule has 7 nitrogen and oxygen atoms in total. The first kappa shape index (κ1) is 25.8. The molecule has 3 heterocycles. The second-order valence-electron chi connectivity index (χ2n) is 10.1. The zero-order chi connectivity index (χ0) is 25.2. The number of aliphatic hydroxyl groups excluding tert-OH is 1. The quantitative estimate of drug-likeness (QED) is 0.338. The van der Waals surface area contributed by atoms with Crippen molar-refractivity contribution in [2.24, 2.45) is 17.8 Å². The summed E-state index contributed by atoms with van der Waals surface area (Å²) in [6, 6.07) is 9.07. The van der Waals surface area contributed by atoms with Crippen molar-refractivity contribution in [3.8, 4) is 0 Å². The summed E-state index contributed by atoms with van der Waals surface area (Å²) in [4.78, 5) is 43.8. The molecule has 0 radical (unpaired) electrons. The molecule has 3 aliphatic heterocycles. The Labute approximate surface area is 211 Å². The predicted molar refractivity (Wildman–Crippen MR) is 136 cm³/mol. The van der Waals surface area contributed by atoms with E-state index in [1.165, 1.54) is 0 Å². The second kappa shape index (κ2) is 10.7. The van der Waals surface area contributed by atoms with Gasteiger partial charge < -0.3 is 20.0 Å². The van der Waals surface area contributed by atoms with E-state index in [1.54, 1.807) is 27.6 Å². The number of rotatable bonds is 12. The van der Waals surface area contributed by atoms with Crippen LogP contribution in [-0.4, -0.2) is 73.5 Å². The van der Waals surface area contributed by atoms with Crippen molar-refractivity contribution in [3.63, 3.8) is 0 Å². The van der Waals surface area contributed by atoms with Gasteiger partial charge in [-0.05, 0) is 30.7 Å². The number of carboxylic acids is 1. The van der Waals surface area contributed by atoms with E-state index in [2.05, 4.69) is 13.5 Å². The van der Waals surface area contributed by atoms with Gasteiger partial charge >= 0.3 is 5.97 Å². The monoisotopic (exact) mass is 500 g/mol. The number of carboxylic acid groups (broad SMARTS) is 1. The Hall–Kier alpha value is -2.32. The van der Waals surface area contributed by atoms with Gasteiger partial charge in [0.2, 0.25) is 11.8 Å². The molecule has 3 unspecified atom stereocenters. The fourth-order valence-electron chi connectivity index (χ4n) is 6.43. The Kier molecular flexibility index (Phi) is 7.91. The van der Waals surface area contributed by atoms with E-state index in [0.717, 1.165) is 24.8 Å². The first-order chi connectivity index (χ1) is 16.9. The number of hydrogen-bond donors (Lipinski definition) is 2. The molecule has 3 saturated heterocycles. The van der Waals surface area contributed by atoms with Gasteiger partial charge in [0.05, 0.1) is 16.6 Å². The number of carbonyl (C=O) groups is 3. The highest BCUT2D eigenvalue weighted by Gasteiger charge is 2.76. The molecular formula is C27H36N2O5S. The SMILES string of the molecule is C=CCN(Cc1ccccc1)C(=O)C1N(CCCCCCO)C(=O)[C@@H]2[C@H](C(=O)O)[C@@H]3CC(C)C12S3. The highest BCUT2D eigenvalue weighted by Crippen LogP contribution is 2.68. The molecule has 190 valence electrons. The molecule has 1 aromatic rings. The van der Waals surface area contributed by atoms with Crippen molar-refractivity contribution < 1.29 is 24.6 Å². The van der Waals surface area contributed by atoms with Gasteiger partial charge in [0.25, 0.3) is 0 Å². The highest BCUT2D eigenvalue weighted by molar-refractivity contribution is 8.02. The van der Waals surface area contributed by atoms with E-state index >= 15 is 0 Å². The Morgan fingerprint density at radius 2 is 1.94 bits per heavy atom. The predicted octanol–water partition coefficient (Wildman–Crippen LogP) is 3.18. The van der Waals surface area contributed by atoms with Gasteiger partial charge in [0, 0.05) is 31.5 Å². The van der Waals surface area contributed by atoms with E-state index in [1.807, 2.05) is 30.3 Å². The maximum atomic E-state index is 14.3. The van der Waals surface area contributed by atoms with Crippen LogP contribution < -0.4 is 0 Å². The van der Waals surface area contributed by atoms with Crippen molar-refractivity contribution in [1.29, 1.82) is 0 Å². The minimum absolute atomic E-state index is 0.0673. The van der Waals surface area contributed by atoms with Crippen LogP contribution in [0.3, 0.4) is 0 Å². The molecule has 0 aliphatic carbocycles. The van der Waals surface area contributed by atoms with Crippen LogP contribution >= 0.6 is 11.8 Å². The standard InChI is InChI=1S/C27H36N2O5S/c1-3-13-28(17-19-11-7-6-8-12-19)25(32)23-27-18(2)16-20(35-27)21(26(33)34)22(27)24(31)29(23)14-9-4-5-10-15-30/h3,6-8,11-12,18,20-23,30H,1,4-5,9-10,13-17H2,2H3,(H,33,34)/t18?,20-,21+,22-,23?,27?/m0/s1. The second-order valence-corrected chi connectivity index (χ2v) is 11.6. The number of fused-ring (bicyclic) bond motifs is 1. The number of unbranched alkanes of at least 4 members (excludes halogenated alkanes) is 3. The van der Waals surface area contributed by atoms with Crippen LogP contribution in [0, 0.1) is 17.8 Å². The molecule has 0 saturated carbocycles. The smallest absolute Gasteiger partial charge is 0.308 e. The Bertz CT molecular complexity index is 956. The first-order valence-electron chi connectivity index (χ1n) is 12.6. The van der Waals surface area contributed by atoms with Crippen molar-refractivity contribution >= 4 is 29.5 Å². The molecule has 3 aliphatic rings. The van der Waals surface area contributed by atoms with Crippen LogP contribution in [0.25, 0.3) is 0 Å². The van der Waals surface area contributed by atoms with Gasteiger partial charge in [-0.1, -0.05) is 56.2 Å². The molecule has 4 rings (SSSR count). The average molecular weight is 501 g/mol. The lowest BCUT2D eigenvalue weighted by Gasteiger charge is -2.40. The number of likely N-dealkylation sites (tertiary alicyclic amines) is 1. The molecule has 35 heavy (non-hydrogen) atoms. The number of hydrogen-bond acceptors (Lipinski definition) is 5. The lowest BCUT2D eigenvalue weighted by molar-refractivity contribution is -0.149. The van der Waals surface area contributed by atoms with Gasteiger partial charge in [-0.2, -0.15) is 0 Å². The van der Waals surface area contributed by atoms with E-state index in [4.69, 9.17) is 5.11 Å². The van der Waals surface area contributed by atoms with Gasteiger partial charge in [0.15, 0.2) is 0 Å². The van der Waals surface area contributed by atoms with Gasteiger partial charge in [-0.15, -0.1) is 18.3 Å². The molecule has 2 N–H and O–H groups in total. The maximum absolute atomic E-state index is 14.3. The van der Waals surface area contributed by atoms with E-state index in [9.17, 15) is 19.5 Å². The summed E-state index contributed by atoms with van der Waals surface area (Å²) in [7, 11) is 0. The van der Waals surface area contributed by atoms with Crippen LogP contribution in [0.15, 0.2) is 43.0 Å². The number of benzene rings is 1. The summed E-state index contributed by atoms with van der Waals surface area (Å²) in [5.41, 5.74) is 0.997. The minimum Gasteiger partial charge on any atom is -0.481 e. The summed E-state index contributed by atoms with van der Waals surface area (Å²) in [6.07, 6.45) is 5.54. The molecule has 8 heteroatoms. The molecule has 0 aromatic heterocycles.